The zero-order chi connectivity index (χ0) is 15.2. The van der Waals surface area contributed by atoms with Crippen molar-refractivity contribution in [3.8, 4) is 5.75 Å². The molecule has 0 aliphatic carbocycles. The lowest BCUT2D eigenvalue weighted by molar-refractivity contribution is -0.384. The van der Waals surface area contributed by atoms with Crippen LogP contribution in [0.25, 0.3) is 0 Å². The lowest BCUT2D eigenvalue weighted by Gasteiger charge is -2.06. The van der Waals surface area contributed by atoms with Crippen LogP contribution in [0.4, 0.5) is 5.69 Å². The Hall–Kier alpha value is -3.09. The van der Waals surface area contributed by atoms with Crippen LogP contribution in [0.2, 0.25) is 0 Å². The summed E-state index contributed by atoms with van der Waals surface area (Å²) in [5, 5.41) is 22.0. The van der Waals surface area contributed by atoms with Gasteiger partial charge in [0.15, 0.2) is 5.84 Å². The molecule has 2 rings (SSSR count). The largest absolute Gasteiger partial charge is 0.489 e. The molecule has 3 N–H and O–H groups in total. The SMILES string of the molecule is N/C(=N\O)c1ccc(COc2ccc([N+](=O)[O-])cc2)cc1. The van der Waals surface area contributed by atoms with Gasteiger partial charge in [0.2, 0.25) is 0 Å². The lowest BCUT2D eigenvalue weighted by atomic mass is 10.1. The van der Waals surface area contributed by atoms with Crippen molar-refractivity contribution in [2.75, 3.05) is 0 Å². The minimum atomic E-state index is -0.463. The zero-order valence-corrected chi connectivity index (χ0v) is 11.0. The Morgan fingerprint density at radius 2 is 1.81 bits per heavy atom. The highest BCUT2D eigenvalue weighted by molar-refractivity contribution is 5.96. The normalized spacial score (nSPS) is 11.1. The molecule has 108 valence electrons. The van der Waals surface area contributed by atoms with Crippen LogP contribution in [0.15, 0.2) is 53.7 Å². The van der Waals surface area contributed by atoms with Crippen LogP contribution in [0.5, 0.6) is 5.75 Å². The molecule has 0 aliphatic heterocycles. The standard InChI is InChI=1S/C14H13N3O4/c15-14(16-18)11-3-1-10(2-4-11)9-21-13-7-5-12(6-8-13)17(19)20/h1-8,18H,9H2,(H2,15,16). The number of benzene rings is 2. The van der Waals surface area contributed by atoms with Crippen molar-refractivity contribution in [3.05, 3.63) is 69.8 Å². The van der Waals surface area contributed by atoms with E-state index >= 15 is 0 Å². The Bertz CT molecular complexity index is 651. The molecule has 0 heterocycles. The van der Waals surface area contributed by atoms with Gasteiger partial charge in [0, 0.05) is 17.7 Å². The number of ether oxygens (including phenoxy) is 1. The summed E-state index contributed by atoms with van der Waals surface area (Å²) in [5.41, 5.74) is 6.98. The maximum absolute atomic E-state index is 10.5. The van der Waals surface area contributed by atoms with E-state index in [1.807, 2.05) is 0 Å². The molecule has 0 saturated carbocycles. The number of nitrogens with two attached hydrogens (primary N) is 1. The summed E-state index contributed by atoms with van der Waals surface area (Å²) in [6.07, 6.45) is 0. The number of rotatable bonds is 5. The average molecular weight is 287 g/mol. The number of oxime groups is 1. The molecule has 0 saturated heterocycles. The molecule has 7 nitrogen and oxygen atoms in total. The molecule has 0 fully saturated rings. The Kier molecular flexibility index (Phi) is 4.35. The van der Waals surface area contributed by atoms with E-state index in [4.69, 9.17) is 15.7 Å². The number of hydrogen-bond acceptors (Lipinski definition) is 5. The summed E-state index contributed by atoms with van der Waals surface area (Å²) in [4.78, 5) is 10.1. The van der Waals surface area contributed by atoms with Crippen LogP contribution in [0.3, 0.4) is 0 Å². The molecule has 21 heavy (non-hydrogen) atoms. The quantitative estimate of drug-likeness (QED) is 0.288. The Morgan fingerprint density at radius 1 is 1.19 bits per heavy atom. The molecule has 0 aliphatic rings. The van der Waals surface area contributed by atoms with Crippen molar-refractivity contribution in [1.82, 2.24) is 0 Å². The van der Waals surface area contributed by atoms with Gasteiger partial charge < -0.3 is 15.7 Å². The minimum absolute atomic E-state index is 0.0190. The predicted molar refractivity (Wildman–Crippen MR) is 76.4 cm³/mol. The number of nitrogens with zero attached hydrogens (tertiary/aromatic N) is 2. The van der Waals surface area contributed by atoms with Gasteiger partial charge in [-0.05, 0) is 17.7 Å². The molecule has 2 aromatic rings. The molecule has 0 bridgehead atoms. The van der Waals surface area contributed by atoms with Crippen LogP contribution < -0.4 is 10.5 Å². The summed E-state index contributed by atoms with van der Waals surface area (Å²) in [7, 11) is 0. The van der Waals surface area contributed by atoms with Crippen LogP contribution >= 0.6 is 0 Å². The molecular weight excluding hydrogens is 274 g/mol. The fourth-order valence-corrected chi connectivity index (χ4v) is 1.66. The van der Waals surface area contributed by atoms with Crippen LogP contribution in [-0.4, -0.2) is 16.0 Å². The highest BCUT2D eigenvalue weighted by Crippen LogP contribution is 2.18. The van der Waals surface area contributed by atoms with Gasteiger partial charge in [-0.15, -0.1) is 0 Å². The summed E-state index contributed by atoms with van der Waals surface area (Å²) in [5.74, 6) is 0.582. The fraction of sp³-hybridized carbons (Fsp3) is 0.0714. The predicted octanol–water partition coefficient (Wildman–Crippen LogP) is 2.27. The van der Waals surface area contributed by atoms with E-state index in [1.165, 1.54) is 12.1 Å². The number of nitro benzene ring substituents is 1. The molecule has 0 unspecified atom stereocenters. The van der Waals surface area contributed by atoms with Crippen LogP contribution in [0, 0.1) is 10.1 Å². The van der Waals surface area contributed by atoms with E-state index in [1.54, 1.807) is 36.4 Å². The van der Waals surface area contributed by atoms with Crippen molar-refractivity contribution < 1.29 is 14.9 Å². The first-order chi connectivity index (χ1) is 10.1. The van der Waals surface area contributed by atoms with Gasteiger partial charge in [0.1, 0.15) is 12.4 Å². The second kappa shape index (κ2) is 6.38. The molecule has 2 aromatic carbocycles. The van der Waals surface area contributed by atoms with Gasteiger partial charge in [-0.25, -0.2) is 0 Å². The number of nitro groups is 1. The summed E-state index contributed by atoms with van der Waals surface area (Å²) in [6.45, 7) is 0.314. The van der Waals surface area contributed by atoms with Gasteiger partial charge >= 0.3 is 0 Å². The van der Waals surface area contributed by atoms with Gasteiger partial charge in [-0.2, -0.15) is 0 Å². The first kappa shape index (κ1) is 14.3. The van der Waals surface area contributed by atoms with Gasteiger partial charge in [-0.3, -0.25) is 10.1 Å². The van der Waals surface area contributed by atoms with Crippen molar-refractivity contribution in [1.29, 1.82) is 0 Å². The third kappa shape index (κ3) is 3.69. The molecule has 0 radical (unpaired) electrons. The molecule has 0 amide bonds. The summed E-state index contributed by atoms with van der Waals surface area (Å²) >= 11 is 0. The highest BCUT2D eigenvalue weighted by atomic mass is 16.6. The third-order valence-electron chi connectivity index (χ3n) is 2.81. The van der Waals surface area contributed by atoms with E-state index in [0.29, 0.717) is 17.9 Å². The number of hydrogen-bond donors (Lipinski definition) is 2. The summed E-state index contributed by atoms with van der Waals surface area (Å²) in [6, 6.07) is 12.9. The highest BCUT2D eigenvalue weighted by Gasteiger charge is 2.05. The average Bonchev–Trinajstić information content (AvgIpc) is 2.53. The monoisotopic (exact) mass is 287 g/mol. The fourth-order valence-electron chi connectivity index (χ4n) is 1.66. The van der Waals surface area contributed by atoms with Crippen molar-refractivity contribution >= 4 is 11.5 Å². The zero-order valence-electron chi connectivity index (χ0n) is 11.0. The van der Waals surface area contributed by atoms with Crippen LogP contribution in [0.1, 0.15) is 11.1 Å². The van der Waals surface area contributed by atoms with Gasteiger partial charge in [0.25, 0.3) is 5.69 Å². The Labute approximate surface area is 120 Å². The van der Waals surface area contributed by atoms with Gasteiger partial charge in [-0.1, -0.05) is 29.4 Å². The second-order valence-corrected chi connectivity index (χ2v) is 4.22. The number of amidine groups is 1. The van der Waals surface area contributed by atoms with Crippen molar-refractivity contribution in [2.45, 2.75) is 6.61 Å². The van der Waals surface area contributed by atoms with Gasteiger partial charge in [0.05, 0.1) is 4.92 Å². The Morgan fingerprint density at radius 3 is 2.33 bits per heavy atom. The minimum Gasteiger partial charge on any atom is -0.489 e. The van der Waals surface area contributed by atoms with E-state index in [2.05, 4.69) is 5.16 Å². The van der Waals surface area contributed by atoms with E-state index in [9.17, 15) is 10.1 Å². The second-order valence-electron chi connectivity index (χ2n) is 4.22. The maximum Gasteiger partial charge on any atom is 0.269 e. The summed E-state index contributed by atoms with van der Waals surface area (Å²) < 4.78 is 5.52. The van der Waals surface area contributed by atoms with Crippen molar-refractivity contribution in [2.24, 2.45) is 10.9 Å². The smallest absolute Gasteiger partial charge is 0.269 e. The first-order valence-corrected chi connectivity index (χ1v) is 6.04. The lowest BCUT2D eigenvalue weighted by Crippen LogP contribution is -2.12. The third-order valence-corrected chi connectivity index (χ3v) is 2.81. The van der Waals surface area contributed by atoms with Crippen LogP contribution in [-0.2, 0) is 6.61 Å². The molecular formula is C14H13N3O4. The van der Waals surface area contributed by atoms with E-state index < -0.39 is 4.92 Å². The molecule has 7 heteroatoms. The number of non-ortho nitro benzene ring substituents is 1. The Balaban J connectivity index is 1.98. The van der Waals surface area contributed by atoms with E-state index in [-0.39, 0.29) is 11.5 Å². The van der Waals surface area contributed by atoms with Crippen molar-refractivity contribution in [3.63, 3.8) is 0 Å². The molecule has 0 atom stereocenters. The topological polar surface area (TPSA) is 111 Å². The first-order valence-electron chi connectivity index (χ1n) is 6.04. The van der Waals surface area contributed by atoms with E-state index in [0.717, 1.165) is 5.56 Å². The maximum atomic E-state index is 10.5. The molecule has 0 aromatic heterocycles. The molecule has 0 spiro atoms.